The summed E-state index contributed by atoms with van der Waals surface area (Å²) < 4.78 is 0. The van der Waals surface area contributed by atoms with Gasteiger partial charge >= 0.3 is 6.03 Å². The van der Waals surface area contributed by atoms with Crippen LogP contribution in [0.4, 0.5) is 4.79 Å². The van der Waals surface area contributed by atoms with Crippen molar-refractivity contribution in [3.8, 4) is 0 Å². The van der Waals surface area contributed by atoms with E-state index in [2.05, 4.69) is 17.4 Å². The highest BCUT2D eigenvalue weighted by Crippen LogP contribution is 2.19. The lowest BCUT2D eigenvalue weighted by Gasteiger charge is -2.34. The van der Waals surface area contributed by atoms with Crippen LogP contribution in [-0.2, 0) is 4.79 Å². The summed E-state index contributed by atoms with van der Waals surface area (Å²) in [5, 5.41) is 2.79. The van der Waals surface area contributed by atoms with Gasteiger partial charge in [-0.05, 0) is 26.0 Å². The second kappa shape index (κ2) is 8.08. The summed E-state index contributed by atoms with van der Waals surface area (Å²) in [5.74, 6) is 0.589. The number of amides is 3. The van der Waals surface area contributed by atoms with Crippen molar-refractivity contribution in [1.82, 2.24) is 15.1 Å². The van der Waals surface area contributed by atoms with Crippen LogP contribution in [0.15, 0.2) is 29.2 Å². The molecule has 3 amide bonds. The molecule has 1 N–H and O–H groups in total. The third-order valence-electron chi connectivity index (χ3n) is 3.63. The number of nitrogens with zero attached hydrogens (tertiary/aromatic N) is 2. The summed E-state index contributed by atoms with van der Waals surface area (Å²) >= 11 is 1.56. The van der Waals surface area contributed by atoms with Gasteiger partial charge in [-0.2, -0.15) is 0 Å². The third-order valence-corrected chi connectivity index (χ3v) is 4.63. The van der Waals surface area contributed by atoms with Crippen LogP contribution in [0.3, 0.4) is 0 Å². The largest absolute Gasteiger partial charge is 0.338 e. The number of benzene rings is 1. The highest BCUT2D eigenvalue weighted by Gasteiger charge is 2.23. The SMILES string of the molecule is CCNC(=O)N1CCN(C(=O)CSc2ccc(C)cc2)CC1. The Morgan fingerprint density at radius 3 is 2.27 bits per heavy atom. The molecule has 5 nitrogen and oxygen atoms in total. The molecule has 0 spiro atoms. The number of carbonyl (C=O) groups is 2. The van der Waals surface area contributed by atoms with E-state index in [0.717, 1.165) is 4.90 Å². The van der Waals surface area contributed by atoms with Crippen LogP contribution < -0.4 is 5.32 Å². The average Bonchev–Trinajstić information content (AvgIpc) is 2.54. The monoisotopic (exact) mass is 321 g/mol. The molecule has 0 aliphatic carbocycles. The molecule has 0 unspecified atom stereocenters. The Morgan fingerprint density at radius 1 is 1.09 bits per heavy atom. The third kappa shape index (κ3) is 4.66. The first-order chi connectivity index (χ1) is 10.6. The lowest BCUT2D eigenvalue weighted by molar-refractivity contribution is -0.129. The molecule has 6 heteroatoms. The van der Waals surface area contributed by atoms with Crippen LogP contribution >= 0.6 is 11.8 Å². The quantitative estimate of drug-likeness (QED) is 0.863. The number of piperazine rings is 1. The van der Waals surface area contributed by atoms with Gasteiger partial charge in [-0.15, -0.1) is 11.8 Å². The lowest BCUT2D eigenvalue weighted by atomic mass is 10.2. The molecule has 0 saturated carbocycles. The molecule has 120 valence electrons. The highest BCUT2D eigenvalue weighted by atomic mass is 32.2. The number of hydrogen-bond acceptors (Lipinski definition) is 3. The van der Waals surface area contributed by atoms with Crippen molar-refractivity contribution < 1.29 is 9.59 Å². The number of aryl methyl sites for hydroxylation is 1. The standard InChI is InChI=1S/C16H23N3O2S/c1-3-17-16(21)19-10-8-18(9-11-19)15(20)12-22-14-6-4-13(2)5-7-14/h4-7H,3,8-12H2,1-2H3,(H,17,21). The molecule has 1 fully saturated rings. The zero-order chi connectivity index (χ0) is 15.9. The van der Waals surface area contributed by atoms with E-state index in [1.807, 2.05) is 30.9 Å². The van der Waals surface area contributed by atoms with Crippen LogP contribution in [0.5, 0.6) is 0 Å². The van der Waals surface area contributed by atoms with Crippen LogP contribution in [0.25, 0.3) is 0 Å². The van der Waals surface area contributed by atoms with Crippen molar-refractivity contribution in [3.05, 3.63) is 29.8 Å². The molecule has 22 heavy (non-hydrogen) atoms. The fourth-order valence-corrected chi connectivity index (χ4v) is 3.09. The smallest absolute Gasteiger partial charge is 0.317 e. The van der Waals surface area contributed by atoms with E-state index in [1.54, 1.807) is 16.7 Å². The number of urea groups is 1. The molecule has 1 aromatic carbocycles. The molecule has 0 atom stereocenters. The van der Waals surface area contributed by atoms with E-state index in [4.69, 9.17) is 0 Å². The molecule has 0 radical (unpaired) electrons. The van der Waals surface area contributed by atoms with E-state index >= 15 is 0 Å². The number of hydrogen-bond donors (Lipinski definition) is 1. The maximum Gasteiger partial charge on any atom is 0.317 e. The van der Waals surface area contributed by atoms with Gasteiger partial charge in [0.15, 0.2) is 0 Å². The van der Waals surface area contributed by atoms with Crippen LogP contribution in [0.1, 0.15) is 12.5 Å². The maximum atomic E-state index is 12.2. The van der Waals surface area contributed by atoms with Crippen molar-refractivity contribution in [1.29, 1.82) is 0 Å². The number of rotatable bonds is 4. The van der Waals surface area contributed by atoms with Crippen molar-refractivity contribution in [2.45, 2.75) is 18.7 Å². The molecule has 1 saturated heterocycles. The maximum absolute atomic E-state index is 12.2. The van der Waals surface area contributed by atoms with Gasteiger partial charge in [0.05, 0.1) is 5.75 Å². The molecule has 0 bridgehead atoms. The molecular formula is C16H23N3O2S. The van der Waals surface area contributed by atoms with Crippen LogP contribution in [0, 0.1) is 6.92 Å². The zero-order valence-electron chi connectivity index (χ0n) is 13.2. The van der Waals surface area contributed by atoms with Crippen LogP contribution in [0.2, 0.25) is 0 Å². The molecule has 2 rings (SSSR count). The van der Waals surface area contributed by atoms with E-state index in [9.17, 15) is 9.59 Å². The Labute approximate surface area is 136 Å². The van der Waals surface area contributed by atoms with Crippen molar-refractivity contribution >= 4 is 23.7 Å². The zero-order valence-corrected chi connectivity index (χ0v) is 14.0. The van der Waals surface area contributed by atoms with E-state index in [-0.39, 0.29) is 11.9 Å². The number of nitrogens with one attached hydrogen (secondary N) is 1. The van der Waals surface area contributed by atoms with Gasteiger partial charge in [-0.25, -0.2) is 4.79 Å². The minimum Gasteiger partial charge on any atom is -0.338 e. The van der Waals surface area contributed by atoms with Gasteiger partial charge in [0.25, 0.3) is 0 Å². The van der Waals surface area contributed by atoms with Gasteiger partial charge in [0.1, 0.15) is 0 Å². The Balaban J connectivity index is 1.75. The average molecular weight is 321 g/mol. The second-order valence-corrected chi connectivity index (χ2v) is 6.35. The Bertz CT molecular complexity index is 511. The summed E-state index contributed by atoms with van der Waals surface area (Å²) in [5.41, 5.74) is 1.22. The fourth-order valence-electron chi connectivity index (χ4n) is 2.29. The summed E-state index contributed by atoms with van der Waals surface area (Å²) in [4.78, 5) is 28.7. The Hall–Kier alpha value is -1.69. The molecule has 1 aromatic rings. The Morgan fingerprint density at radius 2 is 1.68 bits per heavy atom. The van der Waals surface area contributed by atoms with E-state index in [0.29, 0.717) is 38.5 Å². The second-order valence-electron chi connectivity index (χ2n) is 5.31. The molecular weight excluding hydrogens is 298 g/mol. The number of carbonyl (C=O) groups excluding carboxylic acids is 2. The lowest BCUT2D eigenvalue weighted by Crippen LogP contribution is -2.53. The topological polar surface area (TPSA) is 52.7 Å². The van der Waals surface area contributed by atoms with Crippen molar-refractivity contribution in [3.63, 3.8) is 0 Å². The number of thioether (sulfide) groups is 1. The van der Waals surface area contributed by atoms with Gasteiger partial charge in [0, 0.05) is 37.6 Å². The first kappa shape index (κ1) is 16.7. The molecule has 0 aromatic heterocycles. The van der Waals surface area contributed by atoms with Gasteiger partial charge in [-0.3, -0.25) is 4.79 Å². The summed E-state index contributed by atoms with van der Waals surface area (Å²) in [6.45, 7) is 7.02. The van der Waals surface area contributed by atoms with Crippen molar-refractivity contribution in [2.24, 2.45) is 0 Å². The summed E-state index contributed by atoms with van der Waals surface area (Å²) in [7, 11) is 0. The molecule has 1 aliphatic rings. The van der Waals surface area contributed by atoms with Gasteiger partial charge in [0.2, 0.25) is 5.91 Å². The summed E-state index contributed by atoms with van der Waals surface area (Å²) in [6, 6.07) is 8.15. The highest BCUT2D eigenvalue weighted by molar-refractivity contribution is 8.00. The van der Waals surface area contributed by atoms with E-state index in [1.165, 1.54) is 5.56 Å². The van der Waals surface area contributed by atoms with E-state index < -0.39 is 0 Å². The molecule has 1 aliphatic heterocycles. The Kier molecular flexibility index (Phi) is 6.12. The fraction of sp³-hybridized carbons (Fsp3) is 0.500. The normalized spacial score (nSPS) is 14.8. The minimum absolute atomic E-state index is 0.0383. The molecule has 1 heterocycles. The van der Waals surface area contributed by atoms with Crippen LogP contribution in [-0.4, -0.2) is 60.2 Å². The predicted octanol–water partition coefficient (Wildman–Crippen LogP) is 1.96. The minimum atomic E-state index is -0.0383. The van der Waals surface area contributed by atoms with Gasteiger partial charge < -0.3 is 15.1 Å². The first-order valence-corrected chi connectivity index (χ1v) is 8.58. The predicted molar refractivity (Wildman–Crippen MR) is 89.1 cm³/mol. The first-order valence-electron chi connectivity index (χ1n) is 7.60. The summed E-state index contributed by atoms with van der Waals surface area (Å²) in [6.07, 6.45) is 0. The van der Waals surface area contributed by atoms with Gasteiger partial charge in [-0.1, -0.05) is 17.7 Å². The van der Waals surface area contributed by atoms with Crippen molar-refractivity contribution in [2.75, 3.05) is 38.5 Å².